The highest BCUT2D eigenvalue weighted by atomic mass is 79.9. The van der Waals surface area contributed by atoms with Gasteiger partial charge in [0.1, 0.15) is 6.61 Å². The molecule has 0 amide bonds. The van der Waals surface area contributed by atoms with Gasteiger partial charge in [-0.3, -0.25) is 0 Å². The molecule has 2 aromatic carbocycles. The minimum atomic E-state index is 0.402. The first-order chi connectivity index (χ1) is 13.7. The van der Waals surface area contributed by atoms with Crippen LogP contribution < -0.4 is 20.1 Å². The van der Waals surface area contributed by atoms with E-state index < -0.39 is 0 Å². The third-order valence-electron chi connectivity index (χ3n) is 4.96. The van der Waals surface area contributed by atoms with Gasteiger partial charge in [0, 0.05) is 21.6 Å². The van der Waals surface area contributed by atoms with E-state index in [0.29, 0.717) is 18.2 Å². The van der Waals surface area contributed by atoms with Crippen molar-refractivity contribution in [3.63, 3.8) is 0 Å². The molecule has 1 saturated heterocycles. The molecule has 28 heavy (non-hydrogen) atoms. The van der Waals surface area contributed by atoms with Crippen LogP contribution in [0.25, 0.3) is 0 Å². The van der Waals surface area contributed by atoms with Gasteiger partial charge in [0.15, 0.2) is 11.5 Å². The minimum absolute atomic E-state index is 0.402. The van der Waals surface area contributed by atoms with Crippen LogP contribution in [0.1, 0.15) is 30.9 Å². The molecule has 6 heteroatoms. The Morgan fingerprint density at radius 3 is 2.61 bits per heavy atom. The SMILES string of the molecule is CCOc1cc(CNCC2CCNCC2)c(Br)cc1OCc1ccccc1Cl. The van der Waals surface area contributed by atoms with E-state index >= 15 is 0 Å². The van der Waals surface area contributed by atoms with Crippen LogP contribution >= 0.6 is 27.5 Å². The van der Waals surface area contributed by atoms with Crippen molar-refractivity contribution in [1.82, 2.24) is 10.6 Å². The second-order valence-corrected chi connectivity index (χ2v) is 8.29. The van der Waals surface area contributed by atoms with Crippen molar-refractivity contribution in [2.75, 3.05) is 26.2 Å². The van der Waals surface area contributed by atoms with E-state index in [1.807, 2.05) is 37.3 Å². The van der Waals surface area contributed by atoms with E-state index in [1.165, 1.54) is 18.4 Å². The van der Waals surface area contributed by atoms with Crippen LogP contribution in [0.4, 0.5) is 0 Å². The summed E-state index contributed by atoms with van der Waals surface area (Å²) in [5.41, 5.74) is 2.12. The summed E-state index contributed by atoms with van der Waals surface area (Å²) in [6.07, 6.45) is 2.49. The lowest BCUT2D eigenvalue weighted by Gasteiger charge is -2.23. The Morgan fingerprint density at radius 1 is 1.11 bits per heavy atom. The highest BCUT2D eigenvalue weighted by Crippen LogP contribution is 2.35. The van der Waals surface area contributed by atoms with Crippen molar-refractivity contribution >= 4 is 27.5 Å². The molecular weight excluding hydrogens is 440 g/mol. The van der Waals surface area contributed by atoms with E-state index in [0.717, 1.165) is 53.6 Å². The van der Waals surface area contributed by atoms with Crippen LogP contribution in [-0.4, -0.2) is 26.2 Å². The lowest BCUT2D eigenvalue weighted by Crippen LogP contribution is -2.33. The van der Waals surface area contributed by atoms with Gasteiger partial charge in [-0.05, 0) is 69.1 Å². The van der Waals surface area contributed by atoms with E-state index in [-0.39, 0.29) is 0 Å². The molecule has 3 rings (SSSR count). The largest absolute Gasteiger partial charge is 0.490 e. The number of halogens is 2. The highest BCUT2D eigenvalue weighted by molar-refractivity contribution is 9.10. The van der Waals surface area contributed by atoms with Crippen LogP contribution in [0, 0.1) is 5.92 Å². The summed E-state index contributed by atoms with van der Waals surface area (Å²) in [6, 6.07) is 11.8. The summed E-state index contributed by atoms with van der Waals surface area (Å²) in [5, 5.41) is 7.71. The van der Waals surface area contributed by atoms with Crippen molar-refractivity contribution in [3.8, 4) is 11.5 Å². The summed E-state index contributed by atoms with van der Waals surface area (Å²) < 4.78 is 12.9. The smallest absolute Gasteiger partial charge is 0.162 e. The van der Waals surface area contributed by atoms with Crippen LogP contribution in [0.2, 0.25) is 5.02 Å². The summed E-state index contributed by atoms with van der Waals surface area (Å²) >= 11 is 9.92. The number of ether oxygens (including phenoxy) is 2. The van der Waals surface area contributed by atoms with Crippen LogP contribution in [0.3, 0.4) is 0 Å². The van der Waals surface area contributed by atoms with Crippen molar-refractivity contribution < 1.29 is 9.47 Å². The molecule has 0 radical (unpaired) electrons. The first-order valence-electron chi connectivity index (χ1n) is 9.90. The Hall–Kier alpha value is -1.27. The molecule has 0 unspecified atom stereocenters. The molecule has 0 aliphatic carbocycles. The molecule has 1 aliphatic heterocycles. The van der Waals surface area contributed by atoms with E-state index in [1.54, 1.807) is 0 Å². The number of benzene rings is 2. The number of nitrogens with one attached hydrogen (secondary N) is 2. The van der Waals surface area contributed by atoms with Crippen molar-refractivity contribution in [2.24, 2.45) is 5.92 Å². The van der Waals surface area contributed by atoms with E-state index in [4.69, 9.17) is 21.1 Å². The van der Waals surface area contributed by atoms with Gasteiger partial charge in [-0.1, -0.05) is 45.7 Å². The van der Waals surface area contributed by atoms with Crippen molar-refractivity contribution in [1.29, 1.82) is 0 Å². The quantitative estimate of drug-likeness (QED) is 0.534. The number of rotatable bonds is 9. The second-order valence-electron chi connectivity index (χ2n) is 7.03. The first kappa shape index (κ1) is 21.4. The predicted octanol–water partition coefficient (Wildman–Crippen LogP) is 5.17. The Labute approximate surface area is 181 Å². The summed E-state index contributed by atoms with van der Waals surface area (Å²) in [7, 11) is 0. The van der Waals surface area contributed by atoms with Crippen LogP contribution in [0.5, 0.6) is 11.5 Å². The third-order valence-corrected chi connectivity index (χ3v) is 6.07. The van der Waals surface area contributed by atoms with Gasteiger partial charge in [-0.15, -0.1) is 0 Å². The standard InChI is InChI=1S/C22H28BrClN2O2/c1-2-27-21-11-18(14-26-13-16-7-9-25-10-8-16)19(23)12-22(21)28-15-17-5-3-4-6-20(17)24/h3-6,11-12,16,25-26H,2,7-10,13-15H2,1H3. The van der Waals surface area contributed by atoms with Crippen molar-refractivity contribution in [2.45, 2.75) is 32.9 Å². The monoisotopic (exact) mass is 466 g/mol. The average molecular weight is 468 g/mol. The second kappa shape index (κ2) is 11.1. The molecule has 1 aliphatic rings. The molecule has 4 nitrogen and oxygen atoms in total. The van der Waals surface area contributed by atoms with Gasteiger partial charge in [0.25, 0.3) is 0 Å². The molecule has 152 valence electrons. The highest BCUT2D eigenvalue weighted by Gasteiger charge is 2.14. The molecule has 0 aromatic heterocycles. The van der Waals surface area contributed by atoms with Crippen LogP contribution in [-0.2, 0) is 13.2 Å². The molecule has 0 atom stereocenters. The van der Waals surface area contributed by atoms with Gasteiger partial charge in [0.05, 0.1) is 6.61 Å². The van der Waals surface area contributed by atoms with Crippen LogP contribution in [0.15, 0.2) is 40.9 Å². The molecular formula is C22H28BrClN2O2. The zero-order chi connectivity index (χ0) is 19.8. The van der Waals surface area contributed by atoms with Gasteiger partial charge >= 0.3 is 0 Å². The summed E-state index contributed by atoms with van der Waals surface area (Å²) in [5.74, 6) is 2.23. The zero-order valence-corrected chi connectivity index (χ0v) is 18.6. The molecule has 0 bridgehead atoms. The predicted molar refractivity (Wildman–Crippen MR) is 118 cm³/mol. The van der Waals surface area contributed by atoms with Gasteiger partial charge in [0.2, 0.25) is 0 Å². The maximum absolute atomic E-state index is 6.24. The Balaban J connectivity index is 1.64. The van der Waals surface area contributed by atoms with E-state index in [9.17, 15) is 0 Å². The lowest BCUT2D eigenvalue weighted by atomic mass is 9.98. The van der Waals surface area contributed by atoms with Gasteiger partial charge in [-0.2, -0.15) is 0 Å². The fourth-order valence-electron chi connectivity index (χ4n) is 3.36. The fraction of sp³-hybridized carbons (Fsp3) is 0.455. The third kappa shape index (κ3) is 6.11. The Kier molecular flexibility index (Phi) is 8.46. The average Bonchev–Trinajstić information content (AvgIpc) is 2.71. The minimum Gasteiger partial charge on any atom is -0.490 e. The fourth-order valence-corrected chi connectivity index (χ4v) is 4.01. The Morgan fingerprint density at radius 2 is 1.86 bits per heavy atom. The maximum Gasteiger partial charge on any atom is 0.162 e. The van der Waals surface area contributed by atoms with E-state index in [2.05, 4.69) is 32.6 Å². The molecule has 1 fully saturated rings. The number of hydrogen-bond acceptors (Lipinski definition) is 4. The normalized spacial score (nSPS) is 14.8. The molecule has 0 saturated carbocycles. The number of hydrogen-bond donors (Lipinski definition) is 2. The summed E-state index contributed by atoms with van der Waals surface area (Å²) in [4.78, 5) is 0. The Bertz CT molecular complexity index is 766. The molecule has 1 heterocycles. The van der Waals surface area contributed by atoms with Crippen molar-refractivity contribution in [3.05, 3.63) is 57.0 Å². The lowest BCUT2D eigenvalue weighted by molar-refractivity contribution is 0.269. The number of piperidine rings is 1. The maximum atomic E-state index is 6.24. The molecule has 2 aromatic rings. The molecule has 0 spiro atoms. The first-order valence-corrected chi connectivity index (χ1v) is 11.1. The summed E-state index contributed by atoms with van der Waals surface area (Å²) in [6.45, 7) is 7.07. The topological polar surface area (TPSA) is 42.5 Å². The molecule has 2 N–H and O–H groups in total. The van der Waals surface area contributed by atoms with Gasteiger partial charge < -0.3 is 20.1 Å². The zero-order valence-electron chi connectivity index (χ0n) is 16.3. The van der Waals surface area contributed by atoms with Gasteiger partial charge in [-0.25, -0.2) is 0 Å².